The summed E-state index contributed by atoms with van der Waals surface area (Å²) in [6.07, 6.45) is 1.68. The topological polar surface area (TPSA) is 44.1 Å². The lowest BCUT2D eigenvalue weighted by Crippen LogP contribution is -2.08. The standard InChI is InChI=1S/C15H11FN2O2/c1-18-9-17-13-8-12(5-6-14(13)18)20-15(19)10-3-2-4-11(16)7-10/h2-9H,1H3. The summed E-state index contributed by atoms with van der Waals surface area (Å²) < 4.78 is 20.1. The van der Waals surface area contributed by atoms with Gasteiger partial charge in [-0.05, 0) is 30.3 Å². The van der Waals surface area contributed by atoms with E-state index < -0.39 is 11.8 Å². The van der Waals surface area contributed by atoms with Gasteiger partial charge in [0.2, 0.25) is 0 Å². The molecule has 3 rings (SSSR count). The van der Waals surface area contributed by atoms with Crippen molar-refractivity contribution in [2.24, 2.45) is 7.05 Å². The van der Waals surface area contributed by atoms with E-state index >= 15 is 0 Å². The second-order valence-electron chi connectivity index (χ2n) is 4.41. The van der Waals surface area contributed by atoms with Crippen LogP contribution in [0.3, 0.4) is 0 Å². The zero-order valence-electron chi connectivity index (χ0n) is 10.7. The number of rotatable bonds is 2. The Morgan fingerprint density at radius 1 is 1.25 bits per heavy atom. The Balaban J connectivity index is 1.87. The molecule has 0 amide bonds. The molecule has 0 aliphatic carbocycles. The summed E-state index contributed by atoms with van der Waals surface area (Å²) in [7, 11) is 1.88. The van der Waals surface area contributed by atoms with Crippen LogP contribution < -0.4 is 4.74 Å². The molecule has 2 aromatic carbocycles. The number of hydrogen-bond donors (Lipinski definition) is 0. The van der Waals surface area contributed by atoms with Crippen LogP contribution in [0, 0.1) is 5.82 Å². The Bertz CT molecular complexity index is 795. The highest BCUT2D eigenvalue weighted by molar-refractivity contribution is 5.91. The van der Waals surface area contributed by atoms with Crippen LogP contribution in [-0.4, -0.2) is 15.5 Å². The molecular formula is C15H11FN2O2. The summed E-state index contributed by atoms with van der Waals surface area (Å²) in [6, 6.07) is 10.6. The van der Waals surface area contributed by atoms with Crippen molar-refractivity contribution < 1.29 is 13.9 Å². The Kier molecular flexibility index (Phi) is 2.95. The molecule has 0 fully saturated rings. The van der Waals surface area contributed by atoms with E-state index in [-0.39, 0.29) is 5.56 Å². The molecule has 3 aromatic rings. The average Bonchev–Trinajstić information content (AvgIpc) is 2.80. The lowest BCUT2D eigenvalue weighted by atomic mass is 10.2. The number of aryl methyl sites for hydroxylation is 1. The van der Waals surface area contributed by atoms with Gasteiger partial charge in [-0.25, -0.2) is 14.2 Å². The minimum absolute atomic E-state index is 0.172. The molecule has 0 spiro atoms. The molecule has 0 aliphatic rings. The molecular weight excluding hydrogens is 259 g/mol. The SMILES string of the molecule is Cn1cnc2cc(OC(=O)c3cccc(F)c3)ccc21. The molecule has 1 heterocycles. The van der Waals surface area contributed by atoms with Gasteiger partial charge in [0.1, 0.15) is 11.6 Å². The van der Waals surface area contributed by atoms with E-state index in [1.807, 2.05) is 17.7 Å². The molecule has 5 heteroatoms. The minimum atomic E-state index is -0.597. The summed E-state index contributed by atoms with van der Waals surface area (Å²) in [6.45, 7) is 0. The number of carbonyl (C=O) groups excluding carboxylic acids is 1. The maximum Gasteiger partial charge on any atom is 0.343 e. The number of halogens is 1. The van der Waals surface area contributed by atoms with E-state index in [0.717, 1.165) is 17.1 Å². The van der Waals surface area contributed by atoms with E-state index in [4.69, 9.17) is 4.74 Å². The monoisotopic (exact) mass is 270 g/mol. The Morgan fingerprint density at radius 3 is 2.90 bits per heavy atom. The third-order valence-corrected chi connectivity index (χ3v) is 2.97. The van der Waals surface area contributed by atoms with E-state index in [0.29, 0.717) is 5.75 Å². The first-order valence-electron chi connectivity index (χ1n) is 6.02. The van der Waals surface area contributed by atoms with Crippen molar-refractivity contribution in [2.45, 2.75) is 0 Å². The lowest BCUT2D eigenvalue weighted by molar-refractivity contribution is 0.0734. The van der Waals surface area contributed by atoms with Crippen molar-refractivity contribution in [1.82, 2.24) is 9.55 Å². The third-order valence-electron chi connectivity index (χ3n) is 2.97. The quantitative estimate of drug-likeness (QED) is 0.531. The van der Waals surface area contributed by atoms with E-state index in [2.05, 4.69) is 4.98 Å². The summed E-state index contributed by atoms with van der Waals surface area (Å²) in [5, 5.41) is 0. The first kappa shape index (κ1) is 12.3. The zero-order chi connectivity index (χ0) is 14.1. The van der Waals surface area contributed by atoms with Crippen molar-refractivity contribution in [1.29, 1.82) is 0 Å². The summed E-state index contributed by atoms with van der Waals surface area (Å²) in [5.41, 5.74) is 1.85. The second-order valence-corrected chi connectivity index (χ2v) is 4.41. The molecule has 100 valence electrons. The highest BCUT2D eigenvalue weighted by Crippen LogP contribution is 2.20. The number of benzene rings is 2. The molecule has 0 bridgehead atoms. The smallest absolute Gasteiger partial charge is 0.343 e. The zero-order valence-corrected chi connectivity index (χ0v) is 10.7. The van der Waals surface area contributed by atoms with Gasteiger partial charge in [-0.2, -0.15) is 0 Å². The Labute approximate surface area is 114 Å². The van der Waals surface area contributed by atoms with Crippen LogP contribution in [0.5, 0.6) is 5.75 Å². The summed E-state index contributed by atoms with van der Waals surface area (Å²) in [5.74, 6) is -0.690. The van der Waals surface area contributed by atoms with Gasteiger partial charge in [-0.1, -0.05) is 6.07 Å². The van der Waals surface area contributed by atoms with Crippen molar-refractivity contribution in [3.8, 4) is 5.75 Å². The number of hydrogen-bond acceptors (Lipinski definition) is 3. The number of fused-ring (bicyclic) bond motifs is 1. The molecule has 0 N–H and O–H groups in total. The van der Waals surface area contributed by atoms with E-state index in [1.165, 1.54) is 18.2 Å². The van der Waals surface area contributed by atoms with Crippen LogP contribution in [0.4, 0.5) is 4.39 Å². The number of esters is 1. The molecule has 4 nitrogen and oxygen atoms in total. The Hall–Kier alpha value is -2.69. The van der Waals surface area contributed by atoms with E-state index in [9.17, 15) is 9.18 Å². The van der Waals surface area contributed by atoms with Crippen LogP contribution >= 0.6 is 0 Å². The fourth-order valence-corrected chi connectivity index (χ4v) is 1.96. The first-order chi connectivity index (χ1) is 9.63. The molecule has 0 saturated heterocycles. The van der Waals surface area contributed by atoms with Gasteiger partial charge in [0.25, 0.3) is 0 Å². The molecule has 1 aromatic heterocycles. The number of ether oxygens (including phenoxy) is 1. The largest absolute Gasteiger partial charge is 0.423 e. The fraction of sp³-hybridized carbons (Fsp3) is 0.0667. The molecule has 20 heavy (non-hydrogen) atoms. The number of imidazole rings is 1. The molecule has 0 saturated carbocycles. The van der Waals surface area contributed by atoms with Gasteiger partial charge in [0, 0.05) is 13.1 Å². The minimum Gasteiger partial charge on any atom is -0.423 e. The highest BCUT2D eigenvalue weighted by Gasteiger charge is 2.10. The van der Waals surface area contributed by atoms with Crippen molar-refractivity contribution in [2.75, 3.05) is 0 Å². The van der Waals surface area contributed by atoms with Gasteiger partial charge >= 0.3 is 5.97 Å². The maximum absolute atomic E-state index is 13.1. The molecule has 0 atom stereocenters. The average molecular weight is 270 g/mol. The summed E-state index contributed by atoms with van der Waals surface area (Å²) >= 11 is 0. The van der Waals surface area contributed by atoms with Gasteiger partial charge < -0.3 is 9.30 Å². The van der Waals surface area contributed by atoms with Gasteiger partial charge in [0.05, 0.1) is 22.9 Å². The normalized spacial score (nSPS) is 10.7. The van der Waals surface area contributed by atoms with Crippen LogP contribution in [0.15, 0.2) is 48.8 Å². The van der Waals surface area contributed by atoms with E-state index in [1.54, 1.807) is 18.5 Å². The lowest BCUT2D eigenvalue weighted by Gasteiger charge is -2.04. The van der Waals surface area contributed by atoms with Crippen LogP contribution in [0.2, 0.25) is 0 Å². The molecule has 0 aliphatic heterocycles. The molecule has 0 radical (unpaired) electrons. The maximum atomic E-state index is 13.1. The van der Waals surface area contributed by atoms with Crippen LogP contribution in [0.25, 0.3) is 11.0 Å². The highest BCUT2D eigenvalue weighted by atomic mass is 19.1. The number of nitrogens with zero attached hydrogens (tertiary/aromatic N) is 2. The number of aromatic nitrogens is 2. The number of carbonyl (C=O) groups is 1. The van der Waals surface area contributed by atoms with Crippen LogP contribution in [-0.2, 0) is 7.05 Å². The predicted molar refractivity (Wildman–Crippen MR) is 72.1 cm³/mol. The van der Waals surface area contributed by atoms with Gasteiger partial charge in [0.15, 0.2) is 0 Å². The molecule has 0 unspecified atom stereocenters. The van der Waals surface area contributed by atoms with Crippen molar-refractivity contribution in [3.05, 3.63) is 60.2 Å². The fourth-order valence-electron chi connectivity index (χ4n) is 1.96. The summed E-state index contributed by atoms with van der Waals surface area (Å²) in [4.78, 5) is 16.1. The second kappa shape index (κ2) is 4.77. The van der Waals surface area contributed by atoms with Gasteiger partial charge in [-0.15, -0.1) is 0 Å². The van der Waals surface area contributed by atoms with Gasteiger partial charge in [-0.3, -0.25) is 0 Å². The third kappa shape index (κ3) is 2.25. The van der Waals surface area contributed by atoms with Crippen LogP contribution in [0.1, 0.15) is 10.4 Å². The van der Waals surface area contributed by atoms with Crippen molar-refractivity contribution in [3.63, 3.8) is 0 Å². The predicted octanol–water partition coefficient (Wildman–Crippen LogP) is 2.93. The van der Waals surface area contributed by atoms with Crippen molar-refractivity contribution >= 4 is 17.0 Å². The Morgan fingerprint density at radius 2 is 2.10 bits per heavy atom. The first-order valence-corrected chi connectivity index (χ1v) is 6.02.